The van der Waals surface area contributed by atoms with Gasteiger partial charge in [-0.1, -0.05) is 0 Å². The fourth-order valence-corrected chi connectivity index (χ4v) is 1.90. The summed E-state index contributed by atoms with van der Waals surface area (Å²) in [6.07, 6.45) is 0. The Labute approximate surface area is 86.4 Å². The van der Waals surface area contributed by atoms with Crippen molar-refractivity contribution in [2.24, 2.45) is 5.73 Å². The topological polar surface area (TPSA) is 84.2 Å². The summed E-state index contributed by atoms with van der Waals surface area (Å²) in [5, 5.41) is 0. The van der Waals surface area contributed by atoms with Crippen molar-refractivity contribution < 1.29 is 9.59 Å². The molecule has 0 saturated carbocycles. The smallest absolute Gasteiger partial charge is 0.330 e. The van der Waals surface area contributed by atoms with Gasteiger partial charge >= 0.3 is 6.03 Å². The number of nitrogens with two attached hydrogens (primary N) is 1. The molecule has 5 nitrogen and oxygen atoms in total. The molecule has 0 aliphatic carbocycles. The third-order valence-electron chi connectivity index (χ3n) is 1.10. The van der Waals surface area contributed by atoms with Gasteiger partial charge in [0, 0.05) is 0 Å². The van der Waals surface area contributed by atoms with Crippen LogP contribution in [0.15, 0.2) is 15.9 Å². The van der Waals surface area contributed by atoms with Gasteiger partial charge in [0.25, 0.3) is 5.91 Å². The van der Waals surface area contributed by atoms with Crippen molar-refractivity contribution >= 4 is 39.2 Å². The molecule has 1 aromatic heterocycles. The predicted octanol–water partition coefficient (Wildman–Crippen LogP) is 0.824. The number of hydrogen-bond donors (Lipinski definition) is 3. The number of carbonyl (C=O) groups excluding carboxylic acids is 2. The third kappa shape index (κ3) is 3.03. The number of nitrogens with one attached hydrogen (secondary N) is 2. The van der Waals surface area contributed by atoms with Gasteiger partial charge in [-0.15, -0.1) is 11.3 Å². The standard InChI is InChI=1S/C6H6BrN3O2S/c7-4-2-1-3(13-4)5(11)9-10-6(8)12/h1-2H,(H,9,11)(H3,8,10,12). The van der Waals surface area contributed by atoms with E-state index < -0.39 is 11.9 Å². The Morgan fingerprint density at radius 3 is 2.54 bits per heavy atom. The largest absolute Gasteiger partial charge is 0.350 e. The van der Waals surface area contributed by atoms with Crippen LogP contribution in [0.25, 0.3) is 0 Å². The summed E-state index contributed by atoms with van der Waals surface area (Å²) in [4.78, 5) is 21.9. The zero-order chi connectivity index (χ0) is 9.84. The molecule has 13 heavy (non-hydrogen) atoms. The van der Waals surface area contributed by atoms with E-state index in [4.69, 9.17) is 5.73 Å². The highest BCUT2D eigenvalue weighted by atomic mass is 79.9. The number of carbonyl (C=O) groups is 2. The minimum Gasteiger partial charge on any atom is -0.350 e. The number of urea groups is 1. The van der Waals surface area contributed by atoms with E-state index in [0.29, 0.717) is 4.88 Å². The van der Waals surface area contributed by atoms with Gasteiger partial charge in [0.05, 0.1) is 8.66 Å². The lowest BCUT2D eigenvalue weighted by atomic mass is 10.4. The molecule has 0 spiro atoms. The summed E-state index contributed by atoms with van der Waals surface area (Å²) in [5.41, 5.74) is 8.87. The van der Waals surface area contributed by atoms with Gasteiger partial charge in [-0.2, -0.15) is 0 Å². The van der Waals surface area contributed by atoms with E-state index in [2.05, 4.69) is 21.4 Å². The van der Waals surface area contributed by atoms with E-state index in [0.717, 1.165) is 3.79 Å². The molecule has 1 heterocycles. The average Bonchev–Trinajstić information content (AvgIpc) is 2.47. The van der Waals surface area contributed by atoms with Crippen LogP contribution in [0.1, 0.15) is 9.67 Å². The van der Waals surface area contributed by atoms with E-state index in [1.165, 1.54) is 11.3 Å². The molecule has 0 bridgehead atoms. The molecule has 0 radical (unpaired) electrons. The Morgan fingerprint density at radius 1 is 1.38 bits per heavy atom. The number of hydrazine groups is 1. The molecule has 0 saturated heterocycles. The van der Waals surface area contributed by atoms with Gasteiger partial charge in [0.2, 0.25) is 0 Å². The number of thiophene rings is 1. The van der Waals surface area contributed by atoms with Crippen LogP contribution in [0.4, 0.5) is 4.79 Å². The van der Waals surface area contributed by atoms with Gasteiger partial charge in [0.1, 0.15) is 0 Å². The van der Waals surface area contributed by atoms with Crippen LogP contribution < -0.4 is 16.6 Å². The lowest BCUT2D eigenvalue weighted by Gasteiger charge is -2.01. The minimum atomic E-state index is -0.802. The zero-order valence-electron chi connectivity index (χ0n) is 6.33. The fraction of sp³-hybridized carbons (Fsp3) is 0. The Hall–Kier alpha value is -1.08. The van der Waals surface area contributed by atoms with E-state index in [1.54, 1.807) is 12.1 Å². The van der Waals surface area contributed by atoms with Crippen LogP contribution in [0.2, 0.25) is 0 Å². The number of hydrogen-bond acceptors (Lipinski definition) is 3. The third-order valence-corrected chi connectivity index (χ3v) is 2.72. The lowest BCUT2D eigenvalue weighted by Crippen LogP contribution is -2.44. The van der Waals surface area contributed by atoms with Crippen LogP contribution in [0.5, 0.6) is 0 Å². The fourth-order valence-electron chi connectivity index (χ4n) is 0.616. The first-order chi connectivity index (χ1) is 6.09. The molecule has 1 aromatic rings. The Bertz CT molecular complexity index is 338. The molecule has 0 aliphatic heterocycles. The van der Waals surface area contributed by atoms with Crippen molar-refractivity contribution in [2.75, 3.05) is 0 Å². The van der Waals surface area contributed by atoms with Gasteiger partial charge < -0.3 is 5.73 Å². The zero-order valence-corrected chi connectivity index (χ0v) is 8.74. The van der Waals surface area contributed by atoms with Crippen LogP contribution in [0.3, 0.4) is 0 Å². The molecule has 7 heteroatoms. The first-order valence-electron chi connectivity index (χ1n) is 3.20. The van der Waals surface area contributed by atoms with Crippen molar-refractivity contribution in [1.82, 2.24) is 10.9 Å². The maximum Gasteiger partial charge on any atom is 0.330 e. The Morgan fingerprint density at radius 2 is 2.08 bits per heavy atom. The van der Waals surface area contributed by atoms with Crippen molar-refractivity contribution in [1.29, 1.82) is 0 Å². The van der Waals surface area contributed by atoms with Crippen molar-refractivity contribution in [3.8, 4) is 0 Å². The summed E-state index contributed by atoms with van der Waals surface area (Å²) in [7, 11) is 0. The van der Waals surface area contributed by atoms with Gasteiger partial charge in [0.15, 0.2) is 0 Å². The summed E-state index contributed by atoms with van der Waals surface area (Å²) in [6.45, 7) is 0. The van der Waals surface area contributed by atoms with Gasteiger partial charge in [-0.3, -0.25) is 10.2 Å². The summed E-state index contributed by atoms with van der Waals surface area (Å²) >= 11 is 4.47. The molecular formula is C6H6BrN3O2S. The second-order valence-corrected chi connectivity index (χ2v) is 4.51. The average molecular weight is 264 g/mol. The highest BCUT2D eigenvalue weighted by molar-refractivity contribution is 9.11. The second-order valence-electron chi connectivity index (χ2n) is 2.05. The minimum absolute atomic E-state index is 0.394. The first kappa shape index (κ1) is 10.0. The number of primary amides is 1. The number of rotatable bonds is 1. The van der Waals surface area contributed by atoms with Crippen molar-refractivity contribution in [3.05, 3.63) is 20.8 Å². The molecule has 0 unspecified atom stereocenters. The van der Waals surface area contributed by atoms with E-state index in [1.807, 2.05) is 5.43 Å². The second kappa shape index (κ2) is 4.24. The van der Waals surface area contributed by atoms with Crippen LogP contribution in [0, 0.1) is 0 Å². The number of amides is 3. The molecule has 0 aliphatic rings. The van der Waals surface area contributed by atoms with Gasteiger partial charge in [-0.05, 0) is 28.1 Å². The summed E-state index contributed by atoms with van der Waals surface area (Å²) in [6, 6.07) is 2.57. The van der Waals surface area contributed by atoms with Crippen molar-refractivity contribution in [2.45, 2.75) is 0 Å². The van der Waals surface area contributed by atoms with Crippen LogP contribution in [-0.2, 0) is 0 Å². The summed E-state index contributed by atoms with van der Waals surface area (Å²) in [5.74, 6) is -0.394. The monoisotopic (exact) mass is 263 g/mol. The molecule has 0 fully saturated rings. The van der Waals surface area contributed by atoms with Crippen LogP contribution >= 0.6 is 27.3 Å². The van der Waals surface area contributed by atoms with E-state index >= 15 is 0 Å². The van der Waals surface area contributed by atoms with Crippen LogP contribution in [-0.4, -0.2) is 11.9 Å². The highest BCUT2D eigenvalue weighted by Gasteiger charge is 2.07. The maximum absolute atomic E-state index is 11.2. The Kier molecular flexibility index (Phi) is 3.26. The number of halogens is 1. The first-order valence-corrected chi connectivity index (χ1v) is 4.81. The van der Waals surface area contributed by atoms with Gasteiger partial charge in [-0.25, -0.2) is 10.2 Å². The predicted molar refractivity (Wildman–Crippen MR) is 52.2 cm³/mol. The van der Waals surface area contributed by atoms with E-state index in [9.17, 15) is 9.59 Å². The summed E-state index contributed by atoms with van der Waals surface area (Å²) < 4.78 is 0.844. The quantitative estimate of drug-likeness (QED) is 0.656. The molecule has 1 rings (SSSR count). The molecule has 3 amide bonds. The molecular weight excluding hydrogens is 258 g/mol. The van der Waals surface area contributed by atoms with E-state index in [-0.39, 0.29) is 0 Å². The molecule has 0 atom stereocenters. The van der Waals surface area contributed by atoms with Crippen molar-refractivity contribution in [3.63, 3.8) is 0 Å². The normalized spacial score (nSPS) is 9.31. The highest BCUT2D eigenvalue weighted by Crippen LogP contribution is 2.21. The molecule has 4 N–H and O–H groups in total. The SMILES string of the molecule is NC(=O)NNC(=O)c1ccc(Br)s1. The Balaban J connectivity index is 2.54. The molecule has 0 aromatic carbocycles. The lowest BCUT2D eigenvalue weighted by molar-refractivity contribution is 0.0941. The maximum atomic E-state index is 11.2. The molecule has 70 valence electrons.